The van der Waals surface area contributed by atoms with E-state index < -0.39 is 0 Å². The van der Waals surface area contributed by atoms with Gasteiger partial charge in [0.15, 0.2) is 0 Å². The van der Waals surface area contributed by atoms with Crippen molar-refractivity contribution >= 4 is 27.5 Å². The van der Waals surface area contributed by atoms with Crippen molar-refractivity contribution in [1.82, 2.24) is 0 Å². The first-order valence-corrected chi connectivity index (χ1v) is 7.02. The van der Waals surface area contributed by atoms with E-state index in [-0.39, 0.29) is 0 Å². The molecule has 0 fully saturated rings. The van der Waals surface area contributed by atoms with Gasteiger partial charge in [-0.3, -0.25) is 0 Å². The molecule has 0 N–H and O–H groups in total. The quantitative estimate of drug-likeness (QED) is 0.760. The standard InChI is InChI=1S/C15H14BrClO/c1-2-18-15-10-14(17)12(9-13(15)16)8-11-6-4-3-5-7-11/h3-7,9-10H,2,8H2,1H3. The second kappa shape index (κ2) is 6.26. The summed E-state index contributed by atoms with van der Waals surface area (Å²) in [6, 6.07) is 14.2. The Morgan fingerprint density at radius 1 is 1.17 bits per heavy atom. The van der Waals surface area contributed by atoms with Crippen LogP contribution in [0, 0.1) is 0 Å². The molecule has 0 amide bonds. The second-order valence-corrected chi connectivity index (χ2v) is 5.23. The maximum Gasteiger partial charge on any atom is 0.134 e. The zero-order chi connectivity index (χ0) is 13.0. The molecule has 0 saturated heterocycles. The molecule has 0 aliphatic rings. The molecule has 0 aliphatic carbocycles. The van der Waals surface area contributed by atoms with E-state index in [0.717, 1.165) is 27.2 Å². The Kier molecular flexibility index (Phi) is 4.67. The number of halogens is 2. The number of benzene rings is 2. The minimum Gasteiger partial charge on any atom is -0.493 e. The molecule has 0 bridgehead atoms. The molecule has 2 aromatic rings. The first kappa shape index (κ1) is 13.4. The van der Waals surface area contributed by atoms with Crippen LogP contribution in [0.1, 0.15) is 18.1 Å². The minimum atomic E-state index is 0.632. The molecule has 0 radical (unpaired) electrons. The molecule has 18 heavy (non-hydrogen) atoms. The van der Waals surface area contributed by atoms with Crippen molar-refractivity contribution in [2.24, 2.45) is 0 Å². The van der Waals surface area contributed by atoms with Gasteiger partial charge in [0.2, 0.25) is 0 Å². The largest absolute Gasteiger partial charge is 0.493 e. The lowest BCUT2D eigenvalue weighted by Crippen LogP contribution is -1.95. The molecule has 3 heteroatoms. The molecule has 2 rings (SSSR count). The summed E-state index contributed by atoms with van der Waals surface area (Å²) >= 11 is 9.80. The minimum absolute atomic E-state index is 0.632. The number of hydrogen-bond donors (Lipinski definition) is 0. The van der Waals surface area contributed by atoms with Crippen molar-refractivity contribution in [3.8, 4) is 5.75 Å². The Balaban J connectivity index is 2.27. The van der Waals surface area contributed by atoms with E-state index in [1.54, 1.807) is 0 Å². The molecule has 0 saturated carbocycles. The van der Waals surface area contributed by atoms with Gasteiger partial charge < -0.3 is 4.74 Å². The predicted octanol–water partition coefficient (Wildman–Crippen LogP) is 5.09. The number of ether oxygens (including phenoxy) is 1. The van der Waals surface area contributed by atoms with Crippen LogP contribution in [-0.4, -0.2) is 6.61 Å². The van der Waals surface area contributed by atoms with Crippen LogP contribution < -0.4 is 4.74 Å². The Morgan fingerprint density at radius 2 is 1.89 bits per heavy atom. The van der Waals surface area contributed by atoms with Crippen LogP contribution in [0.5, 0.6) is 5.75 Å². The van der Waals surface area contributed by atoms with Crippen LogP contribution in [0.2, 0.25) is 5.02 Å². The summed E-state index contributed by atoms with van der Waals surface area (Å²) in [6.45, 7) is 2.59. The fourth-order valence-electron chi connectivity index (χ4n) is 1.79. The lowest BCUT2D eigenvalue weighted by atomic mass is 10.1. The third kappa shape index (κ3) is 3.27. The molecule has 2 aromatic carbocycles. The molecular formula is C15H14BrClO. The third-order valence-electron chi connectivity index (χ3n) is 2.64. The average molecular weight is 326 g/mol. The molecule has 0 spiro atoms. The van der Waals surface area contributed by atoms with E-state index in [0.29, 0.717) is 6.61 Å². The Hall–Kier alpha value is -0.990. The highest BCUT2D eigenvalue weighted by atomic mass is 79.9. The maximum atomic E-state index is 6.29. The summed E-state index contributed by atoms with van der Waals surface area (Å²) in [5.74, 6) is 0.791. The predicted molar refractivity (Wildman–Crippen MR) is 79.6 cm³/mol. The van der Waals surface area contributed by atoms with Crippen LogP contribution in [0.25, 0.3) is 0 Å². The molecular weight excluding hydrogens is 312 g/mol. The van der Waals surface area contributed by atoms with Crippen LogP contribution in [-0.2, 0) is 6.42 Å². The monoisotopic (exact) mass is 324 g/mol. The third-order valence-corrected chi connectivity index (χ3v) is 3.61. The van der Waals surface area contributed by atoms with Crippen LogP contribution in [0.3, 0.4) is 0 Å². The molecule has 1 nitrogen and oxygen atoms in total. The highest BCUT2D eigenvalue weighted by molar-refractivity contribution is 9.10. The van der Waals surface area contributed by atoms with Crippen molar-refractivity contribution in [3.05, 3.63) is 63.1 Å². The normalized spacial score (nSPS) is 10.4. The van der Waals surface area contributed by atoms with Crippen molar-refractivity contribution in [1.29, 1.82) is 0 Å². The Bertz CT molecular complexity index is 526. The topological polar surface area (TPSA) is 9.23 Å². The van der Waals surface area contributed by atoms with Crippen molar-refractivity contribution < 1.29 is 4.74 Å². The molecule has 0 atom stereocenters. The summed E-state index contributed by atoms with van der Waals surface area (Å²) in [5, 5.41) is 0.741. The van der Waals surface area contributed by atoms with Gasteiger partial charge in [-0.2, -0.15) is 0 Å². The molecule has 0 unspecified atom stereocenters. The summed E-state index contributed by atoms with van der Waals surface area (Å²) in [6.07, 6.45) is 0.824. The smallest absolute Gasteiger partial charge is 0.134 e. The van der Waals surface area contributed by atoms with E-state index >= 15 is 0 Å². The van der Waals surface area contributed by atoms with E-state index in [9.17, 15) is 0 Å². The van der Waals surface area contributed by atoms with Gasteiger partial charge in [0, 0.05) is 11.1 Å². The first-order chi connectivity index (χ1) is 8.70. The van der Waals surface area contributed by atoms with E-state index in [2.05, 4.69) is 28.1 Å². The fraction of sp³-hybridized carbons (Fsp3) is 0.200. The van der Waals surface area contributed by atoms with Gasteiger partial charge in [-0.15, -0.1) is 0 Å². The number of rotatable bonds is 4. The van der Waals surface area contributed by atoms with Crippen molar-refractivity contribution in [3.63, 3.8) is 0 Å². The summed E-state index contributed by atoms with van der Waals surface area (Å²) in [5.41, 5.74) is 2.34. The molecule has 0 heterocycles. The van der Waals surface area contributed by atoms with Crippen molar-refractivity contribution in [2.75, 3.05) is 6.61 Å². The SMILES string of the molecule is CCOc1cc(Cl)c(Cc2ccccc2)cc1Br. The van der Waals surface area contributed by atoms with Gasteiger partial charge in [0.1, 0.15) is 5.75 Å². The average Bonchev–Trinajstić information content (AvgIpc) is 2.37. The highest BCUT2D eigenvalue weighted by Crippen LogP contribution is 2.32. The molecule has 94 valence electrons. The van der Waals surface area contributed by atoms with Crippen molar-refractivity contribution in [2.45, 2.75) is 13.3 Å². The molecule has 0 aliphatic heterocycles. The number of hydrogen-bond acceptors (Lipinski definition) is 1. The zero-order valence-electron chi connectivity index (χ0n) is 10.1. The fourth-order valence-corrected chi connectivity index (χ4v) is 2.51. The van der Waals surface area contributed by atoms with Gasteiger partial charge in [0.05, 0.1) is 11.1 Å². The van der Waals surface area contributed by atoms with Crippen LogP contribution >= 0.6 is 27.5 Å². The Morgan fingerprint density at radius 3 is 2.56 bits per heavy atom. The lowest BCUT2D eigenvalue weighted by molar-refractivity contribution is 0.338. The summed E-state index contributed by atoms with van der Waals surface area (Å²) in [7, 11) is 0. The van der Waals surface area contributed by atoms with E-state index in [4.69, 9.17) is 16.3 Å². The van der Waals surface area contributed by atoms with Gasteiger partial charge in [0.25, 0.3) is 0 Å². The summed E-state index contributed by atoms with van der Waals surface area (Å²) < 4.78 is 6.44. The van der Waals surface area contributed by atoms with Crippen LogP contribution in [0.4, 0.5) is 0 Å². The molecule has 0 aromatic heterocycles. The highest BCUT2D eigenvalue weighted by Gasteiger charge is 2.08. The first-order valence-electron chi connectivity index (χ1n) is 5.85. The van der Waals surface area contributed by atoms with Crippen LogP contribution in [0.15, 0.2) is 46.9 Å². The van der Waals surface area contributed by atoms with Gasteiger partial charge in [-0.1, -0.05) is 41.9 Å². The second-order valence-electron chi connectivity index (χ2n) is 3.97. The van der Waals surface area contributed by atoms with Gasteiger partial charge >= 0.3 is 0 Å². The Labute approximate surface area is 121 Å². The summed E-state index contributed by atoms with van der Waals surface area (Å²) in [4.78, 5) is 0. The van der Waals surface area contributed by atoms with E-state index in [1.165, 1.54) is 5.56 Å². The van der Waals surface area contributed by atoms with E-state index in [1.807, 2.05) is 37.3 Å². The lowest BCUT2D eigenvalue weighted by Gasteiger charge is -2.10. The maximum absolute atomic E-state index is 6.29. The zero-order valence-corrected chi connectivity index (χ0v) is 12.5. The van der Waals surface area contributed by atoms with Gasteiger partial charge in [-0.25, -0.2) is 0 Å². The van der Waals surface area contributed by atoms with Gasteiger partial charge in [-0.05, 0) is 46.5 Å².